The molecular formula is C17H23N3O4S2. The minimum atomic E-state index is -3.51. The molecule has 2 saturated heterocycles. The first-order chi connectivity index (χ1) is 12.5. The average molecular weight is 398 g/mol. The minimum Gasteiger partial charge on any atom is -0.376 e. The summed E-state index contributed by atoms with van der Waals surface area (Å²) in [6, 6.07) is 0.165. The summed E-state index contributed by atoms with van der Waals surface area (Å²) in [5.74, 6) is 2.04. The van der Waals surface area contributed by atoms with Crippen molar-refractivity contribution in [1.82, 2.24) is 9.80 Å². The van der Waals surface area contributed by atoms with Gasteiger partial charge in [0.2, 0.25) is 0 Å². The van der Waals surface area contributed by atoms with E-state index in [0.717, 1.165) is 37.4 Å². The molecule has 4 aliphatic heterocycles. The lowest BCUT2D eigenvalue weighted by molar-refractivity contribution is -0.130. The van der Waals surface area contributed by atoms with Crippen LogP contribution in [-0.2, 0) is 19.6 Å². The van der Waals surface area contributed by atoms with Crippen molar-refractivity contribution in [1.29, 1.82) is 0 Å². The Morgan fingerprint density at radius 1 is 1.42 bits per heavy atom. The van der Waals surface area contributed by atoms with Gasteiger partial charge in [-0.1, -0.05) is 0 Å². The van der Waals surface area contributed by atoms with Crippen LogP contribution in [0.1, 0.15) is 19.3 Å². The fourth-order valence-corrected chi connectivity index (χ4v) is 5.92. The van der Waals surface area contributed by atoms with Crippen molar-refractivity contribution in [2.75, 3.05) is 37.0 Å². The molecule has 2 atom stereocenters. The molecule has 0 spiro atoms. The third-order valence-corrected chi connectivity index (χ3v) is 7.41. The van der Waals surface area contributed by atoms with Gasteiger partial charge in [-0.15, -0.1) is 4.40 Å². The number of allylic oxidation sites excluding steroid dienone is 2. The summed E-state index contributed by atoms with van der Waals surface area (Å²) in [5, 5.41) is 0. The summed E-state index contributed by atoms with van der Waals surface area (Å²) in [6.45, 7) is 1.63. The molecule has 0 saturated carbocycles. The summed E-state index contributed by atoms with van der Waals surface area (Å²) in [6.07, 6.45) is 8.26. The number of carbonyl (C=O) groups excluding carboxylic acids is 1. The SMILES string of the molecule is O=C(C1=CC=CN2CCS(=O)(=O)N=C12)N(CC1CCCO1)C1CCSC1. The van der Waals surface area contributed by atoms with Crippen LogP contribution in [0.15, 0.2) is 28.3 Å². The second kappa shape index (κ2) is 7.36. The molecule has 26 heavy (non-hydrogen) atoms. The number of rotatable bonds is 4. The van der Waals surface area contributed by atoms with Gasteiger partial charge in [0.25, 0.3) is 15.9 Å². The third-order valence-electron chi connectivity index (χ3n) is 5.12. The van der Waals surface area contributed by atoms with Crippen LogP contribution in [0.25, 0.3) is 0 Å². The Bertz CT molecular complexity index is 763. The van der Waals surface area contributed by atoms with Crippen molar-refractivity contribution >= 4 is 33.5 Å². The van der Waals surface area contributed by atoms with Crippen LogP contribution in [0.3, 0.4) is 0 Å². The van der Waals surface area contributed by atoms with E-state index in [1.807, 2.05) is 16.7 Å². The Labute approximate surface area is 158 Å². The van der Waals surface area contributed by atoms with Gasteiger partial charge in [0.05, 0.1) is 17.4 Å². The van der Waals surface area contributed by atoms with Crippen molar-refractivity contribution in [3.8, 4) is 0 Å². The van der Waals surface area contributed by atoms with Crippen molar-refractivity contribution in [2.45, 2.75) is 31.4 Å². The fourth-order valence-electron chi connectivity index (χ4n) is 3.71. The lowest BCUT2D eigenvalue weighted by Crippen LogP contribution is -2.49. The van der Waals surface area contributed by atoms with Gasteiger partial charge in [-0.05, 0) is 37.2 Å². The molecule has 0 radical (unpaired) electrons. The third kappa shape index (κ3) is 3.70. The maximum atomic E-state index is 13.4. The van der Waals surface area contributed by atoms with Gasteiger partial charge in [-0.3, -0.25) is 4.79 Å². The molecule has 4 rings (SSSR count). The van der Waals surface area contributed by atoms with E-state index in [4.69, 9.17) is 4.74 Å². The summed E-state index contributed by atoms with van der Waals surface area (Å²) in [5.41, 5.74) is 0.366. The van der Waals surface area contributed by atoms with Crippen LogP contribution in [-0.4, -0.2) is 79.1 Å². The summed E-state index contributed by atoms with van der Waals surface area (Å²) in [7, 11) is -3.51. The number of thioether (sulfide) groups is 1. The zero-order chi connectivity index (χ0) is 18.1. The predicted molar refractivity (Wildman–Crippen MR) is 102 cm³/mol. The molecule has 4 aliphatic rings. The van der Waals surface area contributed by atoms with Gasteiger partial charge in [0, 0.05) is 37.7 Å². The van der Waals surface area contributed by atoms with Crippen molar-refractivity contribution in [3.05, 3.63) is 23.9 Å². The Hall–Kier alpha value is -1.32. The monoisotopic (exact) mass is 397 g/mol. The number of nitrogens with zero attached hydrogens (tertiary/aromatic N) is 3. The average Bonchev–Trinajstić information content (AvgIpc) is 3.31. The highest BCUT2D eigenvalue weighted by atomic mass is 32.2. The number of hydrogen-bond donors (Lipinski definition) is 0. The summed E-state index contributed by atoms with van der Waals surface area (Å²) in [4.78, 5) is 17.0. The quantitative estimate of drug-likeness (QED) is 0.704. The molecule has 0 aromatic heterocycles. The number of sulfonamides is 1. The van der Waals surface area contributed by atoms with E-state index in [1.165, 1.54) is 0 Å². The molecule has 9 heteroatoms. The molecule has 142 valence electrons. The number of amidine groups is 1. The van der Waals surface area contributed by atoms with E-state index in [1.54, 1.807) is 23.3 Å². The Morgan fingerprint density at radius 3 is 3.04 bits per heavy atom. The number of amides is 1. The van der Waals surface area contributed by atoms with Crippen LogP contribution >= 0.6 is 11.8 Å². The standard InChI is InChI=1S/C17H23N3O4S2/c21-17(15-4-1-6-19-7-10-26(22,23)18-16(15)19)20(13-5-9-25-12-13)11-14-3-2-8-24-14/h1,4,6,13-14H,2-3,5,7-12H2. The van der Waals surface area contributed by atoms with Crippen molar-refractivity contribution in [2.24, 2.45) is 4.40 Å². The molecule has 4 heterocycles. The zero-order valence-electron chi connectivity index (χ0n) is 14.5. The molecule has 2 fully saturated rings. The summed E-state index contributed by atoms with van der Waals surface area (Å²) >= 11 is 1.85. The smallest absolute Gasteiger partial charge is 0.258 e. The topological polar surface area (TPSA) is 79.3 Å². The van der Waals surface area contributed by atoms with Crippen molar-refractivity contribution in [3.63, 3.8) is 0 Å². The molecule has 0 aromatic carbocycles. The second-order valence-corrected chi connectivity index (χ2v) is 9.83. The molecule has 0 bridgehead atoms. The van der Waals surface area contributed by atoms with Gasteiger partial charge in [0.1, 0.15) is 0 Å². The molecule has 2 unspecified atom stereocenters. The molecule has 1 amide bonds. The van der Waals surface area contributed by atoms with Gasteiger partial charge in [0.15, 0.2) is 5.84 Å². The number of fused-ring (bicyclic) bond motifs is 1. The molecule has 0 aliphatic carbocycles. The first-order valence-corrected chi connectivity index (χ1v) is 11.8. The molecule has 0 N–H and O–H groups in total. The van der Waals surface area contributed by atoms with E-state index in [9.17, 15) is 13.2 Å². The highest BCUT2D eigenvalue weighted by Crippen LogP contribution is 2.27. The lowest BCUT2D eigenvalue weighted by atomic mass is 10.1. The molecule has 0 aromatic rings. The Morgan fingerprint density at radius 2 is 2.31 bits per heavy atom. The van der Waals surface area contributed by atoms with Crippen LogP contribution in [0.4, 0.5) is 0 Å². The van der Waals surface area contributed by atoms with E-state index in [0.29, 0.717) is 18.7 Å². The van der Waals surface area contributed by atoms with Crippen molar-refractivity contribution < 1.29 is 17.9 Å². The van der Waals surface area contributed by atoms with Crippen LogP contribution < -0.4 is 0 Å². The van der Waals surface area contributed by atoms with Crippen LogP contribution in [0, 0.1) is 0 Å². The first-order valence-electron chi connectivity index (χ1n) is 9.02. The van der Waals surface area contributed by atoms with Crippen LogP contribution in [0.5, 0.6) is 0 Å². The summed E-state index contributed by atoms with van der Waals surface area (Å²) < 4.78 is 33.6. The maximum absolute atomic E-state index is 13.4. The normalized spacial score (nSPS) is 29.9. The first kappa shape index (κ1) is 18.1. The van der Waals surface area contributed by atoms with E-state index in [-0.39, 0.29) is 29.6 Å². The number of carbonyl (C=O) groups is 1. The number of ether oxygens (including phenoxy) is 1. The highest BCUT2D eigenvalue weighted by molar-refractivity contribution is 7.99. The minimum absolute atomic E-state index is 0.0266. The van der Waals surface area contributed by atoms with E-state index < -0.39 is 10.0 Å². The Kier molecular flexibility index (Phi) is 5.11. The predicted octanol–water partition coefficient (Wildman–Crippen LogP) is 0.997. The van der Waals surface area contributed by atoms with Gasteiger partial charge >= 0.3 is 0 Å². The second-order valence-electron chi connectivity index (χ2n) is 6.93. The zero-order valence-corrected chi connectivity index (χ0v) is 16.2. The maximum Gasteiger partial charge on any atom is 0.258 e. The van der Waals surface area contributed by atoms with Gasteiger partial charge < -0.3 is 14.5 Å². The molecular weight excluding hydrogens is 374 g/mol. The largest absolute Gasteiger partial charge is 0.376 e. The van der Waals surface area contributed by atoms with Crippen LogP contribution in [0.2, 0.25) is 0 Å². The van der Waals surface area contributed by atoms with Gasteiger partial charge in [-0.2, -0.15) is 11.8 Å². The number of hydrogen-bond acceptors (Lipinski definition) is 6. The highest BCUT2D eigenvalue weighted by Gasteiger charge is 2.36. The van der Waals surface area contributed by atoms with E-state index >= 15 is 0 Å². The fraction of sp³-hybridized carbons (Fsp3) is 0.647. The Balaban J connectivity index is 1.62. The van der Waals surface area contributed by atoms with Gasteiger partial charge in [-0.25, -0.2) is 8.42 Å². The lowest BCUT2D eigenvalue weighted by Gasteiger charge is -2.34. The molecule has 7 nitrogen and oxygen atoms in total. The van der Waals surface area contributed by atoms with E-state index in [2.05, 4.69) is 4.40 Å².